The molecular weight excluding hydrogens is 345 g/mol. The van der Waals surface area contributed by atoms with Crippen LogP contribution in [0.4, 0.5) is 13.2 Å². The maximum absolute atomic E-state index is 13.0. The van der Waals surface area contributed by atoms with E-state index in [9.17, 15) is 23.1 Å². The van der Waals surface area contributed by atoms with E-state index in [0.29, 0.717) is 18.3 Å². The quantitative estimate of drug-likeness (QED) is 0.798. The molecule has 0 amide bonds. The average molecular weight is 368 g/mol. The zero-order chi connectivity index (χ0) is 18.6. The molecule has 1 aromatic rings. The van der Waals surface area contributed by atoms with Crippen LogP contribution in [-0.2, 0) is 22.3 Å². The van der Waals surface area contributed by atoms with Crippen LogP contribution in [0.3, 0.4) is 0 Å². The number of esters is 1. The van der Waals surface area contributed by atoms with E-state index < -0.39 is 23.3 Å². The Balaban J connectivity index is 1.41. The molecule has 3 nitrogen and oxygen atoms in total. The highest BCUT2D eigenvalue weighted by Gasteiger charge is 2.57. The highest BCUT2D eigenvalue weighted by Crippen LogP contribution is 2.62. The summed E-state index contributed by atoms with van der Waals surface area (Å²) in [6.45, 7) is -0.373. The summed E-state index contributed by atoms with van der Waals surface area (Å²) in [5, 5.41) is 10.7. The third-order valence-corrected chi connectivity index (χ3v) is 6.38. The van der Waals surface area contributed by atoms with E-state index in [1.165, 1.54) is 18.2 Å². The largest absolute Gasteiger partial charge is 0.461 e. The topological polar surface area (TPSA) is 46.5 Å². The van der Waals surface area contributed by atoms with Crippen LogP contribution < -0.4 is 0 Å². The lowest BCUT2D eigenvalue weighted by atomic mass is 9.47. The first-order valence-electron chi connectivity index (χ1n) is 9.20. The zero-order valence-electron chi connectivity index (χ0n) is 14.5. The summed E-state index contributed by atoms with van der Waals surface area (Å²) < 4.78 is 44.3. The van der Waals surface area contributed by atoms with Crippen molar-refractivity contribution in [3.8, 4) is 0 Å². The number of hydrogen-bond acceptors (Lipinski definition) is 3. The van der Waals surface area contributed by atoms with Crippen LogP contribution in [-0.4, -0.2) is 16.7 Å². The first kappa shape index (κ1) is 17.8. The molecule has 2 atom stereocenters. The summed E-state index contributed by atoms with van der Waals surface area (Å²) in [5.74, 6) is 0.451. The fourth-order valence-corrected chi connectivity index (χ4v) is 6.05. The molecule has 0 radical (unpaired) electrons. The van der Waals surface area contributed by atoms with Crippen molar-refractivity contribution in [2.24, 2.45) is 17.3 Å². The van der Waals surface area contributed by atoms with Crippen LogP contribution in [0.25, 0.3) is 0 Å². The Labute approximate surface area is 150 Å². The number of hydrogen-bond donors (Lipinski definition) is 1. The number of benzene rings is 1. The van der Waals surface area contributed by atoms with E-state index in [0.717, 1.165) is 38.2 Å². The van der Waals surface area contributed by atoms with Gasteiger partial charge in [-0.15, -0.1) is 0 Å². The van der Waals surface area contributed by atoms with Crippen molar-refractivity contribution >= 4 is 5.97 Å². The summed E-state index contributed by atoms with van der Waals surface area (Å²) in [7, 11) is 0. The van der Waals surface area contributed by atoms with Gasteiger partial charge in [0.05, 0.1) is 17.6 Å². The lowest BCUT2D eigenvalue weighted by Crippen LogP contribution is -2.56. The van der Waals surface area contributed by atoms with E-state index in [4.69, 9.17) is 4.74 Å². The first-order valence-corrected chi connectivity index (χ1v) is 9.20. The van der Waals surface area contributed by atoms with Gasteiger partial charge >= 0.3 is 12.1 Å². The predicted molar refractivity (Wildman–Crippen MR) is 87.9 cm³/mol. The summed E-state index contributed by atoms with van der Waals surface area (Å²) in [5.41, 5.74) is -1.69. The van der Waals surface area contributed by atoms with Crippen molar-refractivity contribution in [3.05, 3.63) is 35.4 Å². The Morgan fingerprint density at radius 1 is 1.15 bits per heavy atom. The Morgan fingerprint density at radius 2 is 1.81 bits per heavy atom. The van der Waals surface area contributed by atoms with E-state index in [2.05, 4.69) is 0 Å². The first-order chi connectivity index (χ1) is 12.2. The molecule has 6 heteroatoms. The fourth-order valence-electron chi connectivity index (χ4n) is 6.05. The van der Waals surface area contributed by atoms with E-state index in [1.807, 2.05) is 0 Å². The van der Waals surface area contributed by atoms with Gasteiger partial charge in [-0.3, -0.25) is 4.79 Å². The second-order valence-corrected chi connectivity index (χ2v) is 8.68. The standard InChI is InChI=1S/C20H23F3O3/c21-20(22,23)16-4-2-1-3-15(16)11-26-17(24)10-18-6-13-5-14(7-18)9-19(25,8-13)12-18/h1-4,13-14,25H,5-12H2. The Morgan fingerprint density at radius 3 is 2.42 bits per heavy atom. The van der Waals surface area contributed by atoms with Gasteiger partial charge in [0, 0.05) is 5.56 Å². The van der Waals surface area contributed by atoms with Crippen molar-refractivity contribution in [2.45, 2.75) is 63.3 Å². The Kier molecular flexibility index (Phi) is 4.10. The van der Waals surface area contributed by atoms with Crippen LogP contribution in [0.5, 0.6) is 0 Å². The fraction of sp³-hybridized carbons (Fsp3) is 0.650. The molecule has 4 aliphatic rings. The van der Waals surface area contributed by atoms with Gasteiger partial charge in [0.2, 0.25) is 0 Å². The van der Waals surface area contributed by atoms with Crippen molar-refractivity contribution in [1.29, 1.82) is 0 Å². The monoisotopic (exact) mass is 368 g/mol. The van der Waals surface area contributed by atoms with Crippen LogP contribution >= 0.6 is 0 Å². The van der Waals surface area contributed by atoms with Crippen molar-refractivity contribution in [2.75, 3.05) is 0 Å². The molecular formula is C20H23F3O3. The Hall–Kier alpha value is -1.56. The molecule has 2 unspecified atom stereocenters. The van der Waals surface area contributed by atoms with Gasteiger partial charge in [-0.05, 0) is 61.8 Å². The number of carbonyl (C=O) groups is 1. The number of alkyl halides is 3. The maximum Gasteiger partial charge on any atom is 0.416 e. The number of ether oxygens (including phenoxy) is 1. The molecule has 4 aliphatic carbocycles. The average Bonchev–Trinajstić information content (AvgIpc) is 2.49. The van der Waals surface area contributed by atoms with Crippen molar-refractivity contribution in [1.82, 2.24) is 0 Å². The number of carbonyl (C=O) groups excluding carboxylic acids is 1. The SMILES string of the molecule is O=C(CC12CC3CC(CC(O)(C3)C1)C2)OCc1ccccc1C(F)(F)F. The molecule has 142 valence electrons. The van der Waals surface area contributed by atoms with E-state index >= 15 is 0 Å². The second-order valence-electron chi connectivity index (χ2n) is 8.68. The minimum Gasteiger partial charge on any atom is -0.461 e. The molecule has 26 heavy (non-hydrogen) atoms. The van der Waals surface area contributed by atoms with Gasteiger partial charge in [-0.2, -0.15) is 13.2 Å². The van der Waals surface area contributed by atoms with Crippen molar-refractivity contribution in [3.63, 3.8) is 0 Å². The predicted octanol–water partition coefficient (Wildman–Crippen LogP) is 4.47. The zero-order valence-corrected chi connectivity index (χ0v) is 14.5. The third kappa shape index (κ3) is 3.36. The number of aliphatic hydroxyl groups is 1. The Bertz CT molecular complexity index is 698. The van der Waals surface area contributed by atoms with Gasteiger partial charge in [0.25, 0.3) is 0 Å². The molecule has 1 aromatic carbocycles. The van der Waals surface area contributed by atoms with Gasteiger partial charge in [-0.25, -0.2) is 0 Å². The minimum atomic E-state index is -4.47. The molecule has 4 fully saturated rings. The van der Waals surface area contributed by atoms with E-state index in [1.54, 1.807) is 0 Å². The van der Waals surface area contributed by atoms with Gasteiger partial charge in [-0.1, -0.05) is 18.2 Å². The lowest BCUT2D eigenvalue weighted by molar-refractivity contribution is -0.177. The summed E-state index contributed by atoms with van der Waals surface area (Å²) >= 11 is 0. The number of rotatable bonds is 4. The molecule has 0 aliphatic heterocycles. The normalized spacial score (nSPS) is 35.5. The number of halogens is 3. The van der Waals surface area contributed by atoms with E-state index in [-0.39, 0.29) is 24.0 Å². The molecule has 0 saturated heterocycles. The van der Waals surface area contributed by atoms with Crippen LogP contribution in [0.1, 0.15) is 56.1 Å². The molecule has 5 rings (SSSR count). The van der Waals surface area contributed by atoms with Gasteiger partial charge in [0.15, 0.2) is 0 Å². The summed E-state index contributed by atoms with van der Waals surface area (Å²) in [6, 6.07) is 5.17. The van der Waals surface area contributed by atoms with Crippen molar-refractivity contribution < 1.29 is 27.8 Å². The highest BCUT2D eigenvalue weighted by molar-refractivity contribution is 5.70. The smallest absolute Gasteiger partial charge is 0.416 e. The van der Waals surface area contributed by atoms with Crippen LogP contribution in [0.15, 0.2) is 24.3 Å². The molecule has 0 aromatic heterocycles. The third-order valence-electron chi connectivity index (χ3n) is 6.38. The molecule has 0 heterocycles. The second kappa shape index (κ2) is 5.98. The lowest BCUT2D eigenvalue weighted by Gasteiger charge is -2.60. The maximum atomic E-state index is 13.0. The minimum absolute atomic E-state index is 0.0301. The molecule has 1 N–H and O–H groups in total. The summed E-state index contributed by atoms with van der Waals surface area (Å²) in [6.07, 6.45) is 0.931. The van der Waals surface area contributed by atoms with Crippen LogP contribution in [0.2, 0.25) is 0 Å². The summed E-state index contributed by atoms with van der Waals surface area (Å²) in [4.78, 5) is 12.4. The molecule has 4 saturated carbocycles. The van der Waals surface area contributed by atoms with Crippen LogP contribution in [0, 0.1) is 17.3 Å². The highest BCUT2D eigenvalue weighted by atomic mass is 19.4. The molecule has 0 spiro atoms. The van der Waals surface area contributed by atoms with Gasteiger partial charge in [0.1, 0.15) is 6.61 Å². The van der Waals surface area contributed by atoms with Gasteiger partial charge < -0.3 is 9.84 Å². The molecule has 4 bridgehead atoms.